The quantitative estimate of drug-likeness (QED) is 0.872. The Hall–Kier alpha value is -1.70. The maximum Gasteiger partial charge on any atom is 0.278 e. The monoisotopic (exact) mass is 270 g/mol. The van der Waals surface area contributed by atoms with Gasteiger partial charge in [0.2, 0.25) is 0 Å². The molecular formula is C10H14N4O3S. The molecular weight excluding hydrogens is 256 g/mol. The Bertz CT molecular complexity index is 629. The average Bonchev–Trinajstić information content (AvgIpc) is 2.86. The topological polar surface area (TPSA) is 102 Å². The summed E-state index contributed by atoms with van der Waals surface area (Å²) in [7, 11) is -3.16. The number of rotatable bonds is 5. The normalized spacial score (nSPS) is 11.9. The van der Waals surface area contributed by atoms with Crippen LogP contribution in [0, 0.1) is 6.92 Å². The molecule has 8 heteroatoms. The first-order valence-corrected chi connectivity index (χ1v) is 7.37. The smallest absolute Gasteiger partial charge is 0.278 e. The zero-order chi connectivity index (χ0) is 13.2. The number of H-pyrrole nitrogens is 1. The van der Waals surface area contributed by atoms with E-state index in [4.69, 9.17) is 4.52 Å². The number of aromatic nitrogens is 4. The molecule has 2 heterocycles. The van der Waals surface area contributed by atoms with Gasteiger partial charge in [-0.05, 0) is 19.4 Å². The number of aryl methyl sites for hydroxylation is 1. The lowest BCUT2D eigenvalue weighted by molar-refractivity contribution is 0.423. The molecule has 2 aromatic rings. The lowest BCUT2D eigenvalue weighted by atomic mass is 10.4. The van der Waals surface area contributed by atoms with E-state index in [1.165, 1.54) is 0 Å². The van der Waals surface area contributed by atoms with Crippen LogP contribution in [0.2, 0.25) is 0 Å². The molecule has 2 rings (SSSR count). The van der Waals surface area contributed by atoms with Gasteiger partial charge >= 0.3 is 0 Å². The Morgan fingerprint density at radius 2 is 2.22 bits per heavy atom. The summed E-state index contributed by atoms with van der Waals surface area (Å²) in [6.07, 6.45) is 0.575. The van der Waals surface area contributed by atoms with Crippen molar-refractivity contribution in [3.05, 3.63) is 17.6 Å². The SMILES string of the molecule is CCCS(=O)(=O)Cc1noc(-c2cc(C)[nH]n2)n1. The molecule has 0 amide bonds. The van der Waals surface area contributed by atoms with Crippen LogP contribution in [0.15, 0.2) is 10.6 Å². The molecule has 0 aliphatic heterocycles. The van der Waals surface area contributed by atoms with E-state index in [2.05, 4.69) is 20.3 Å². The second-order valence-electron chi connectivity index (χ2n) is 4.04. The summed E-state index contributed by atoms with van der Waals surface area (Å²) in [6, 6.07) is 1.75. The Morgan fingerprint density at radius 3 is 2.83 bits per heavy atom. The summed E-state index contributed by atoms with van der Waals surface area (Å²) < 4.78 is 28.2. The predicted octanol–water partition coefficient (Wildman–Crippen LogP) is 1.09. The van der Waals surface area contributed by atoms with Crippen molar-refractivity contribution in [3.8, 4) is 11.6 Å². The van der Waals surface area contributed by atoms with Gasteiger partial charge in [0.05, 0.1) is 5.75 Å². The van der Waals surface area contributed by atoms with Gasteiger partial charge in [-0.2, -0.15) is 10.1 Å². The van der Waals surface area contributed by atoms with Gasteiger partial charge in [0, 0.05) is 5.69 Å². The van der Waals surface area contributed by atoms with Gasteiger partial charge in [0.15, 0.2) is 21.4 Å². The van der Waals surface area contributed by atoms with E-state index in [0.29, 0.717) is 12.1 Å². The third kappa shape index (κ3) is 2.95. The fourth-order valence-corrected chi connectivity index (χ4v) is 2.80. The molecule has 98 valence electrons. The lowest BCUT2D eigenvalue weighted by Gasteiger charge is -1.96. The highest BCUT2D eigenvalue weighted by atomic mass is 32.2. The Labute approximate surface area is 105 Å². The zero-order valence-electron chi connectivity index (χ0n) is 10.2. The summed E-state index contributed by atoms with van der Waals surface area (Å²) in [5.41, 5.74) is 1.38. The highest BCUT2D eigenvalue weighted by molar-refractivity contribution is 7.90. The molecule has 0 bridgehead atoms. The second-order valence-corrected chi connectivity index (χ2v) is 6.23. The number of hydrogen-bond acceptors (Lipinski definition) is 6. The number of sulfone groups is 1. The predicted molar refractivity (Wildman–Crippen MR) is 64.4 cm³/mol. The molecule has 0 aromatic carbocycles. The lowest BCUT2D eigenvalue weighted by Crippen LogP contribution is -2.09. The van der Waals surface area contributed by atoms with Crippen molar-refractivity contribution in [2.24, 2.45) is 0 Å². The van der Waals surface area contributed by atoms with E-state index < -0.39 is 9.84 Å². The van der Waals surface area contributed by atoms with Crippen molar-refractivity contribution in [1.29, 1.82) is 0 Å². The van der Waals surface area contributed by atoms with E-state index in [1.54, 1.807) is 6.07 Å². The molecule has 0 aliphatic rings. The standard InChI is InChI=1S/C10H14N4O3S/c1-3-4-18(15,16)6-9-11-10(17-14-9)8-5-7(2)12-13-8/h5H,3-4,6H2,1-2H3,(H,12,13). The Kier molecular flexibility index (Phi) is 3.46. The summed E-state index contributed by atoms with van der Waals surface area (Å²) in [4.78, 5) is 4.02. The summed E-state index contributed by atoms with van der Waals surface area (Å²) in [5.74, 6) is 0.312. The van der Waals surface area contributed by atoms with Crippen molar-refractivity contribution in [1.82, 2.24) is 20.3 Å². The molecule has 0 saturated heterocycles. The average molecular weight is 270 g/mol. The third-order valence-electron chi connectivity index (χ3n) is 2.26. The van der Waals surface area contributed by atoms with Gasteiger partial charge in [0.1, 0.15) is 5.75 Å². The Balaban J connectivity index is 2.16. The first kappa shape index (κ1) is 12.7. The Morgan fingerprint density at radius 1 is 1.44 bits per heavy atom. The van der Waals surface area contributed by atoms with Gasteiger partial charge in [0.25, 0.3) is 5.89 Å². The molecule has 0 fully saturated rings. The molecule has 18 heavy (non-hydrogen) atoms. The van der Waals surface area contributed by atoms with Crippen molar-refractivity contribution < 1.29 is 12.9 Å². The van der Waals surface area contributed by atoms with E-state index in [9.17, 15) is 8.42 Å². The minimum Gasteiger partial charge on any atom is -0.332 e. The summed E-state index contributed by atoms with van der Waals surface area (Å²) >= 11 is 0. The minimum atomic E-state index is -3.16. The van der Waals surface area contributed by atoms with E-state index >= 15 is 0 Å². The number of nitrogens with zero attached hydrogens (tertiary/aromatic N) is 3. The summed E-state index contributed by atoms with van der Waals surface area (Å²) in [6.45, 7) is 3.66. The molecule has 2 aromatic heterocycles. The van der Waals surface area contributed by atoms with Crippen LogP contribution in [0.5, 0.6) is 0 Å². The van der Waals surface area contributed by atoms with Crippen LogP contribution in [0.4, 0.5) is 0 Å². The van der Waals surface area contributed by atoms with E-state index in [0.717, 1.165) is 5.69 Å². The van der Waals surface area contributed by atoms with Gasteiger partial charge < -0.3 is 4.52 Å². The number of hydrogen-bond donors (Lipinski definition) is 1. The van der Waals surface area contributed by atoms with Crippen LogP contribution in [0.3, 0.4) is 0 Å². The van der Waals surface area contributed by atoms with Gasteiger partial charge in [-0.1, -0.05) is 12.1 Å². The van der Waals surface area contributed by atoms with Crippen molar-refractivity contribution in [3.63, 3.8) is 0 Å². The van der Waals surface area contributed by atoms with Crippen molar-refractivity contribution >= 4 is 9.84 Å². The fraction of sp³-hybridized carbons (Fsp3) is 0.500. The largest absolute Gasteiger partial charge is 0.332 e. The van der Waals surface area contributed by atoms with Crippen LogP contribution in [0.1, 0.15) is 24.9 Å². The van der Waals surface area contributed by atoms with Crippen LogP contribution >= 0.6 is 0 Å². The maximum absolute atomic E-state index is 11.6. The first-order chi connectivity index (χ1) is 8.50. The zero-order valence-corrected chi connectivity index (χ0v) is 11.0. The second kappa shape index (κ2) is 4.89. The van der Waals surface area contributed by atoms with Crippen LogP contribution in [-0.2, 0) is 15.6 Å². The third-order valence-corrected chi connectivity index (χ3v) is 3.99. The van der Waals surface area contributed by atoms with Gasteiger partial charge in [-0.25, -0.2) is 8.42 Å². The van der Waals surface area contributed by atoms with Gasteiger partial charge in [-0.3, -0.25) is 5.10 Å². The minimum absolute atomic E-state index is 0.123. The molecule has 0 atom stereocenters. The fourth-order valence-electron chi connectivity index (χ4n) is 1.52. The molecule has 1 N–H and O–H groups in total. The number of aromatic amines is 1. The van der Waals surface area contributed by atoms with E-state index in [-0.39, 0.29) is 23.2 Å². The highest BCUT2D eigenvalue weighted by Crippen LogP contribution is 2.15. The van der Waals surface area contributed by atoms with Crippen molar-refractivity contribution in [2.75, 3.05) is 5.75 Å². The highest BCUT2D eigenvalue weighted by Gasteiger charge is 2.17. The van der Waals surface area contributed by atoms with Crippen molar-refractivity contribution in [2.45, 2.75) is 26.0 Å². The molecule has 0 saturated carbocycles. The maximum atomic E-state index is 11.6. The van der Waals surface area contributed by atoms with Crippen LogP contribution in [-0.4, -0.2) is 34.5 Å². The van der Waals surface area contributed by atoms with E-state index in [1.807, 2.05) is 13.8 Å². The molecule has 0 spiro atoms. The molecule has 0 aliphatic carbocycles. The van der Waals surface area contributed by atoms with Crippen LogP contribution in [0.25, 0.3) is 11.6 Å². The van der Waals surface area contributed by atoms with Crippen LogP contribution < -0.4 is 0 Å². The van der Waals surface area contributed by atoms with Gasteiger partial charge in [-0.15, -0.1) is 0 Å². The molecule has 0 radical (unpaired) electrons. The number of nitrogens with one attached hydrogen (secondary N) is 1. The first-order valence-electron chi connectivity index (χ1n) is 5.55. The molecule has 0 unspecified atom stereocenters. The summed E-state index contributed by atoms with van der Waals surface area (Å²) in [5, 5.41) is 10.4. The molecule has 7 nitrogen and oxygen atoms in total.